The molecule has 0 radical (unpaired) electrons. The minimum absolute atomic E-state index is 0. The largest absolute Gasteiger partial charge is 0.0776 e. The molecule has 0 saturated carbocycles. The number of hydrogen-bond acceptors (Lipinski definition) is 0. The number of aryl methyl sites for hydroxylation is 2. The minimum Gasteiger partial charge on any atom is -0.0776 e. The van der Waals surface area contributed by atoms with Gasteiger partial charge in [-0.2, -0.15) is 0 Å². The molecule has 3 aromatic carbocycles. The van der Waals surface area contributed by atoms with Crippen LogP contribution in [0.25, 0.3) is 0 Å². The SMILES string of the molecule is C.C.C.CCc1ccc(Cc2ccc(Cc3ccc(C)cc3)cc2)cc1. The maximum absolute atomic E-state index is 2.26. The molecule has 0 heteroatoms. The highest BCUT2D eigenvalue weighted by atomic mass is 14.0. The van der Waals surface area contributed by atoms with Crippen molar-refractivity contribution in [2.24, 2.45) is 0 Å². The first kappa shape index (κ1) is 23.7. The van der Waals surface area contributed by atoms with E-state index in [4.69, 9.17) is 0 Å². The molecule has 140 valence electrons. The Balaban J connectivity index is 0.00000208. The van der Waals surface area contributed by atoms with Crippen molar-refractivity contribution in [1.82, 2.24) is 0 Å². The quantitative estimate of drug-likeness (QED) is 0.444. The first-order valence-electron chi connectivity index (χ1n) is 8.44. The molecule has 0 bridgehead atoms. The lowest BCUT2D eigenvalue weighted by Crippen LogP contribution is -1.92. The van der Waals surface area contributed by atoms with Gasteiger partial charge >= 0.3 is 0 Å². The average molecular weight is 349 g/mol. The third-order valence-electron chi connectivity index (χ3n) is 4.39. The third kappa shape index (κ3) is 6.52. The molecule has 0 heterocycles. The zero-order chi connectivity index (χ0) is 16.1. The fourth-order valence-electron chi connectivity index (χ4n) is 2.85. The summed E-state index contributed by atoms with van der Waals surface area (Å²) in [6.45, 7) is 4.33. The van der Waals surface area contributed by atoms with Gasteiger partial charge in [-0.1, -0.05) is 108 Å². The molecule has 0 N–H and O–H groups in total. The van der Waals surface area contributed by atoms with Crippen LogP contribution in [0.3, 0.4) is 0 Å². The van der Waals surface area contributed by atoms with Crippen molar-refractivity contribution < 1.29 is 0 Å². The van der Waals surface area contributed by atoms with Crippen LogP contribution in [-0.4, -0.2) is 0 Å². The van der Waals surface area contributed by atoms with Gasteiger partial charge in [0.1, 0.15) is 0 Å². The lowest BCUT2D eigenvalue weighted by atomic mass is 9.99. The fourth-order valence-corrected chi connectivity index (χ4v) is 2.85. The predicted molar refractivity (Wildman–Crippen MR) is 119 cm³/mol. The fraction of sp³-hybridized carbons (Fsp3) is 0.308. The van der Waals surface area contributed by atoms with E-state index in [1.54, 1.807) is 0 Å². The Morgan fingerprint density at radius 2 is 0.731 bits per heavy atom. The van der Waals surface area contributed by atoms with E-state index in [2.05, 4.69) is 86.6 Å². The van der Waals surface area contributed by atoms with Gasteiger partial charge in [-0.3, -0.25) is 0 Å². The molecule has 3 aromatic rings. The summed E-state index contributed by atoms with van der Waals surface area (Å²) in [6, 6.07) is 26.8. The lowest BCUT2D eigenvalue weighted by Gasteiger charge is -2.06. The molecule has 0 aliphatic carbocycles. The van der Waals surface area contributed by atoms with Crippen molar-refractivity contribution in [3.05, 3.63) is 106 Å². The van der Waals surface area contributed by atoms with E-state index in [-0.39, 0.29) is 22.3 Å². The highest BCUT2D eigenvalue weighted by Crippen LogP contribution is 2.15. The van der Waals surface area contributed by atoms with Crippen LogP contribution in [0.4, 0.5) is 0 Å². The Hall–Kier alpha value is -2.34. The minimum atomic E-state index is 0. The Labute approximate surface area is 161 Å². The van der Waals surface area contributed by atoms with Crippen LogP contribution in [0.15, 0.2) is 72.8 Å². The molecule has 0 spiro atoms. The van der Waals surface area contributed by atoms with Gasteiger partial charge in [0.05, 0.1) is 0 Å². The van der Waals surface area contributed by atoms with Crippen molar-refractivity contribution in [3.63, 3.8) is 0 Å². The number of rotatable bonds is 5. The summed E-state index contributed by atoms with van der Waals surface area (Å²) < 4.78 is 0. The molecular formula is C26H36. The molecule has 0 unspecified atom stereocenters. The summed E-state index contributed by atoms with van der Waals surface area (Å²) >= 11 is 0. The normalized spacial score (nSPS) is 9.46. The van der Waals surface area contributed by atoms with Crippen molar-refractivity contribution in [1.29, 1.82) is 0 Å². The van der Waals surface area contributed by atoms with Gasteiger partial charge in [-0.05, 0) is 54.0 Å². The average Bonchev–Trinajstić information content (AvgIpc) is 2.59. The summed E-state index contributed by atoms with van der Waals surface area (Å²) in [7, 11) is 0. The zero-order valence-corrected chi connectivity index (χ0v) is 14.0. The number of hydrogen-bond donors (Lipinski definition) is 0. The molecular weight excluding hydrogens is 312 g/mol. The second kappa shape index (κ2) is 11.3. The van der Waals surface area contributed by atoms with E-state index >= 15 is 0 Å². The zero-order valence-electron chi connectivity index (χ0n) is 14.0. The van der Waals surface area contributed by atoms with Crippen LogP contribution >= 0.6 is 0 Å². The van der Waals surface area contributed by atoms with Crippen molar-refractivity contribution >= 4 is 0 Å². The predicted octanol–water partition coefficient (Wildman–Crippen LogP) is 7.65. The molecule has 0 nitrogen and oxygen atoms in total. The Morgan fingerprint density at radius 3 is 1.04 bits per heavy atom. The van der Waals surface area contributed by atoms with Gasteiger partial charge in [0.2, 0.25) is 0 Å². The van der Waals surface area contributed by atoms with Gasteiger partial charge < -0.3 is 0 Å². The standard InChI is InChI=1S/C23H24.3CH4/c1-3-19-8-10-21(11-9-19)17-23-14-12-22(13-15-23)16-20-6-4-18(2)5-7-20;;;/h4-15H,3,16-17H2,1-2H3;3*1H4. The highest BCUT2D eigenvalue weighted by molar-refractivity contribution is 5.33. The second-order valence-electron chi connectivity index (χ2n) is 6.33. The molecule has 3 rings (SSSR count). The number of benzene rings is 3. The topological polar surface area (TPSA) is 0 Å². The van der Waals surface area contributed by atoms with Crippen molar-refractivity contribution in [2.45, 2.75) is 55.4 Å². The highest BCUT2D eigenvalue weighted by Gasteiger charge is 2.00. The Bertz CT molecular complexity index is 732. The van der Waals surface area contributed by atoms with Gasteiger partial charge in [-0.15, -0.1) is 0 Å². The maximum Gasteiger partial charge on any atom is -0.00258 e. The van der Waals surface area contributed by atoms with Gasteiger partial charge in [0.15, 0.2) is 0 Å². The maximum atomic E-state index is 2.26. The van der Waals surface area contributed by atoms with Gasteiger partial charge in [0, 0.05) is 0 Å². The van der Waals surface area contributed by atoms with E-state index in [0.29, 0.717) is 0 Å². The molecule has 0 aliphatic rings. The molecule has 26 heavy (non-hydrogen) atoms. The van der Waals surface area contributed by atoms with E-state index in [0.717, 1.165) is 19.3 Å². The first-order chi connectivity index (χ1) is 11.2. The molecule has 0 atom stereocenters. The summed E-state index contributed by atoms with van der Waals surface area (Å²) in [5.74, 6) is 0. The summed E-state index contributed by atoms with van der Waals surface area (Å²) in [5, 5.41) is 0. The summed E-state index contributed by atoms with van der Waals surface area (Å²) in [4.78, 5) is 0. The monoisotopic (exact) mass is 348 g/mol. The molecule has 0 saturated heterocycles. The second-order valence-corrected chi connectivity index (χ2v) is 6.33. The summed E-state index contributed by atoms with van der Waals surface area (Å²) in [5.41, 5.74) is 8.23. The smallest absolute Gasteiger partial charge is 0.00258 e. The lowest BCUT2D eigenvalue weighted by molar-refractivity contribution is 1.11. The van der Waals surface area contributed by atoms with Crippen LogP contribution in [0.1, 0.15) is 62.6 Å². The Morgan fingerprint density at radius 1 is 0.462 bits per heavy atom. The van der Waals surface area contributed by atoms with Crippen LogP contribution in [-0.2, 0) is 19.3 Å². The molecule has 0 aliphatic heterocycles. The molecule has 0 aromatic heterocycles. The van der Waals surface area contributed by atoms with E-state index in [1.165, 1.54) is 33.4 Å². The van der Waals surface area contributed by atoms with Crippen LogP contribution in [0.5, 0.6) is 0 Å². The van der Waals surface area contributed by atoms with Gasteiger partial charge in [0.25, 0.3) is 0 Å². The van der Waals surface area contributed by atoms with Crippen LogP contribution < -0.4 is 0 Å². The van der Waals surface area contributed by atoms with Crippen molar-refractivity contribution in [3.8, 4) is 0 Å². The summed E-state index contributed by atoms with van der Waals surface area (Å²) in [6.07, 6.45) is 3.12. The van der Waals surface area contributed by atoms with E-state index < -0.39 is 0 Å². The van der Waals surface area contributed by atoms with Crippen LogP contribution in [0.2, 0.25) is 0 Å². The van der Waals surface area contributed by atoms with Gasteiger partial charge in [-0.25, -0.2) is 0 Å². The third-order valence-corrected chi connectivity index (χ3v) is 4.39. The molecule has 0 amide bonds. The van der Waals surface area contributed by atoms with Crippen molar-refractivity contribution in [2.75, 3.05) is 0 Å². The van der Waals surface area contributed by atoms with Crippen LogP contribution in [0, 0.1) is 6.92 Å². The first-order valence-corrected chi connectivity index (χ1v) is 8.44. The van der Waals surface area contributed by atoms with E-state index in [1.807, 2.05) is 0 Å². The Kier molecular flexibility index (Phi) is 10.3. The molecule has 0 fully saturated rings. The van der Waals surface area contributed by atoms with E-state index in [9.17, 15) is 0 Å².